The van der Waals surface area contributed by atoms with Crippen LogP contribution in [0.3, 0.4) is 0 Å². The molecular weight excluding hydrogens is 336 g/mol. The molecule has 0 spiro atoms. The lowest BCUT2D eigenvalue weighted by Crippen LogP contribution is -2.38. The molecule has 0 radical (unpaired) electrons. The molecule has 0 aromatic carbocycles. The number of rotatable bonds is 8. The molecule has 1 aliphatic heterocycles. The zero-order chi connectivity index (χ0) is 18.7. The molecule has 1 fully saturated rings. The Morgan fingerprint density at radius 1 is 1.00 bits per heavy atom. The second-order valence-corrected chi connectivity index (χ2v) is 8.17. The van der Waals surface area contributed by atoms with E-state index in [0.717, 1.165) is 56.6 Å². The average molecular weight is 375 g/mol. The fourth-order valence-corrected chi connectivity index (χ4v) is 4.48. The van der Waals surface area contributed by atoms with Crippen LogP contribution >= 0.6 is 0 Å². The molecule has 1 aromatic heterocycles. The maximum absolute atomic E-state index is 4.42. The number of aryl methyl sites for hydroxylation is 2. The van der Waals surface area contributed by atoms with Crippen LogP contribution in [0.2, 0.25) is 0 Å². The Kier molecular flexibility index (Phi) is 8.43. The van der Waals surface area contributed by atoms with Gasteiger partial charge in [0.05, 0.1) is 0 Å². The summed E-state index contributed by atoms with van der Waals surface area (Å²) in [4.78, 5) is 4.35. The zero-order valence-electron chi connectivity index (χ0n) is 17.2. The Morgan fingerprint density at radius 2 is 1.78 bits per heavy atom. The number of guanidine groups is 1. The summed E-state index contributed by atoms with van der Waals surface area (Å²) in [5, 5.41) is 15.7. The molecular formula is C21H38N6. The first kappa shape index (κ1) is 20.2. The van der Waals surface area contributed by atoms with Crippen molar-refractivity contribution in [2.75, 3.05) is 20.1 Å². The van der Waals surface area contributed by atoms with Gasteiger partial charge in [0.25, 0.3) is 0 Å². The lowest BCUT2D eigenvalue weighted by atomic mass is 9.86. The first-order valence-corrected chi connectivity index (χ1v) is 11.2. The van der Waals surface area contributed by atoms with Crippen LogP contribution in [0.15, 0.2) is 4.99 Å². The number of nitrogens with one attached hydrogen (secondary N) is 2. The molecule has 3 rings (SSSR count). The Labute approximate surface area is 164 Å². The molecule has 0 bridgehead atoms. The van der Waals surface area contributed by atoms with Gasteiger partial charge < -0.3 is 15.2 Å². The number of aliphatic imine (C=N–C) groups is 1. The van der Waals surface area contributed by atoms with Crippen LogP contribution in [0.5, 0.6) is 0 Å². The number of aromatic nitrogens is 3. The second-order valence-electron chi connectivity index (χ2n) is 8.17. The average Bonchev–Trinajstić information content (AvgIpc) is 2.93. The number of hydrogen-bond acceptors (Lipinski definition) is 3. The van der Waals surface area contributed by atoms with Crippen LogP contribution in [0.1, 0.15) is 82.3 Å². The molecule has 2 N–H and O–H groups in total. The largest absolute Gasteiger partial charge is 0.356 e. The maximum Gasteiger partial charge on any atom is 0.190 e. The summed E-state index contributed by atoms with van der Waals surface area (Å²) >= 11 is 0. The molecule has 0 atom stereocenters. The van der Waals surface area contributed by atoms with Crippen molar-refractivity contribution >= 4 is 5.96 Å². The highest BCUT2D eigenvalue weighted by Gasteiger charge is 2.14. The summed E-state index contributed by atoms with van der Waals surface area (Å²) in [5.41, 5.74) is 0. The van der Waals surface area contributed by atoms with Gasteiger partial charge in [-0.25, -0.2) is 0 Å². The van der Waals surface area contributed by atoms with Gasteiger partial charge in [0, 0.05) is 39.5 Å². The van der Waals surface area contributed by atoms with Gasteiger partial charge in [-0.15, -0.1) is 10.2 Å². The van der Waals surface area contributed by atoms with E-state index in [9.17, 15) is 0 Å². The van der Waals surface area contributed by atoms with Crippen molar-refractivity contribution in [1.29, 1.82) is 0 Å². The van der Waals surface area contributed by atoms with Gasteiger partial charge in [-0.2, -0.15) is 0 Å². The van der Waals surface area contributed by atoms with Gasteiger partial charge in [0.2, 0.25) is 0 Å². The van der Waals surface area contributed by atoms with Gasteiger partial charge in [-0.3, -0.25) is 4.99 Å². The topological polar surface area (TPSA) is 67.1 Å². The third-order valence-electron chi connectivity index (χ3n) is 6.09. The zero-order valence-corrected chi connectivity index (χ0v) is 17.2. The van der Waals surface area contributed by atoms with Gasteiger partial charge in [0.1, 0.15) is 11.6 Å². The van der Waals surface area contributed by atoms with Gasteiger partial charge in [0.15, 0.2) is 5.96 Å². The molecule has 6 heteroatoms. The van der Waals surface area contributed by atoms with E-state index in [2.05, 4.69) is 30.4 Å². The van der Waals surface area contributed by atoms with Crippen molar-refractivity contribution in [1.82, 2.24) is 25.4 Å². The van der Waals surface area contributed by atoms with Gasteiger partial charge >= 0.3 is 0 Å². The molecule has 152 valence electrons. The molecule has 0 saturated heterocycles. The quantitative estimate of drug-likeness (QED) is 0.415. The van der Waals surface area contributed by atoms with Crippen LogP contribution in [0.25, 0.3) is 0 Å². The molecule has 27 heavy (non-hydrogen) atoms. The summed E-state index contributed by atoms with van der Waals surface area (Å²) in [7, 11) is 1.86. The Morgan fingerprint density at radius 3 is 2.59 bits per heavy atom. The summed E-state index contributed by atoms with van der Waals surface area (Å²) < 4.78 is 2.35. The Hall–Kier alpha value is -1.59. The van der Waals surface area contributed by atoms with Crippen LogP contribution in [0, 0.1) is 5.92 Å². The normalized spacial score (nSPS) is 18.8. The summed E-state index contributed by atoms with van der Waals surface area (Å²) in [5.74, 6) is 4.24. The molecule has 0 unspecified atom stereocenters. The Bertz CT molecular complexity index is 573. The van der Waals surface area contributed by atoms with Crippen LogP contribution in [-0.4, -0.2) is 40.9 Å². The van der Waals surface area contributed by atoms with E-state index in [1.807, 2.05) is 7.05 Å². The van der Waals surface area contributed by atoms with E-state index in [1.165, 1.54) is 70.0 Å². The molecule has 1 saturated carbocycles. The Balaban J connectivity index is 1.29. The molecule has 0 amide bonds. The smallest absolute Gasteiger partial charge is 0.190 e. The fraction of sp³-hybridized carbons (Fsp3) is 0.857. The van der Waals surface area contributed by atoms with Crippen molar-refractivity contribution in [2.24, 2.45) is 10.9 Å². The third kappa shape index (κ3) is 6.51. The first-order chi connectivity index (χ1) is 13.4. The summed E-state index contributed by atoms with van der Waals surface area (Å²) in [6.45, 7) is 3.04. The molecule has 2 aliphatic rings. The summed E-state index contributed by atoms with van der Waals surface area (Å²) in [6, 6.07) is 0. The van der Waals surface area contributed by atoms with E-state index < -0.39 is 0 Å². The van der Waals surface area contributed by atoms with Crippen molar-refractivity contribution < 1.29 is 0 Å². The molecule has 1 aliphatic carbocycles. The standard InChI is InChI=1S/C21H38N6/c1-22-21(23-15-8-12-18-10-4-2-5-11-18)24-16-9-14-20-26-25-19-13-6-3-7-17-27(19)20/h18H,2-17H2,1H3,(H2,22,23,24). The SMILES string of the molecule is CN=C(NCCCc1nnc2n1CCCCC2)NCCCC1CCCCC1. The van der Waals surface area contributed by atoms with E-state index in [0.29, 0.717) is 0 Å². The van der Waals surface area contributed by atoms with Gasteiger partial charge in [-0.05, 0) is 38.0 Å². The second kappa shape index (κ2) is 11.3. The molecule has 6 nitrogen and oxygen atoms in total. The van der Waals surface area contributed by atoms with Crippen LogP contribution in [0.4, 0.5) is 0 Å². The fourth-order valence-electron chi connectivity index (χ4n) is 4.48. The predicted octanol–water partition coefficient (Wildman–Crippen LogP) is 3.46. The molecule has 1 aromatic rings. The highest BCUT2D eigenvalue weighted by Crippen LogP contribution is 2.26. The number of nitrogens with zero attached hydrogens (tertiary/aromatic N) is 4. The van der Waals surface area contributed by atoms with E-state index in [1.54, 1.807) is 0 Å². The van der Waals surface area contributed by atoms with Gasteiger partial charge in [-0.1, -0.05) is 38.5 Å². The maximum atomic E-state index is 4.42. The number of hydrogen-bond donors (Lipinski definition) is 2. The minimum absolute atomic E-state index is 0.921. The minimum Gasteiger partial charge on any atom is -0.356 e. The van der Waals surface area contributed by atoms with E-state index in [-0.39, 0.29) is 0 Å². The highest BCUT2D eigenvalue weighted by atomic mass is 15.3. The van der Waals surface area contributed by atoms with Crippen molar-refractivity contribution in [3.8, 4) is 0 Å². The number of fused-ring (bicyclic) bond motifs is 1. The van der Waals surface area contributed by atoms with Crippen LogP contribution in [-0.2, 0) is 19.4 Å². The summed E-state index contributed by atoms with van der Waals surface area (Å²) in [6.07, 6.45) is 16.8. The lowest BCUT2D eigenvalue weighted by molar-refractivity contribution is 0.332. The van der Waals surface area contributed by atoms with Crippen molar-refractivity contribution in [3.05, 3.63) is 11.6 Å². The highest BCUT2D eigenvalue weighted by molar-refractivity contribution is 5.79. The van der Waals surface area contributed by atoms with Crippen molar-refractivity contribution in [3.63, 3.8) is 0 Å². The van der Waals surface area contributed by atoms with E-state index >= 15 is 0 Å². The predicted molar refractivity (Wildman–Crippen MR) is 111 cm³/mol. The monoisotopic (exact) mass is 374 g/mol. The molecule has 2 heterocycles. The van der Waals surface area contributed by atoms with E-state index in [4.69, 9.17) is 0 Å². The van der Waals surface area contributed by atoms with Crippen LogP contribution < -0.4 is 10.6 Å². The minimum atomic E-state index is 0.921. The lowest BCUT2D eigenvalue weighted by Gasteiger charge is -2.21. The third-order valence-corrected chi connectivity index (χ3v) is 6.09. The first-order valence-electron chi connectivity index (χ1n) is 11.2. The van der Waals surface area contributed by atoms with Crippen molar-refractivity contribution in [2.45, 2.75) is 90.0 Å².